The van der Waals surface area contributed by atoms with Crippen molar-refractivity contribution in [1.29, 1.82) is 0 Å². The fourth-order valence-electron chi connectivity index (χ4n) is 6.78. The van der Waals surface area contributed by atoms with E-state index >= 15 is 8.78 Å². The van der Waals surface area contributed by atoms with Crippen LogP contribution in [0.4, 0.5) is 25.3 Å². The molecule has 0 N–H and O–H groups in total. The monoisotopic (exact) mass is 740 g/mol. The number of nitrogens with zero attached hydrogens (tertiary/aromatic N) is 8. The maximum Gasteiger partial charge on any atom is 0.429 e. The number of anilines is 2. The zero-order valence-corrected chi connectivity index (χ0v) is 30.9. The van der Waals surface area contributed by atoms with Crippen LogP contribution in [0.1, 0.15) is 45.6 Å². The number of rotatable bonds is 9. The molecule has 0 radical (unpaired) electrons. The first-order valence-corrected chi connectivity index (χ1v) is 17.8. The van der Waals surface area contributed by atoms with E-state index in [9.17, 15) is 4.79 Å². The van der Waals surface area contributed by atoms with E-state index in [1.807, 2.05) is 17.8 Å². The van der Waals surface area contributed by atoms with Crippen LogP contribution in [0.15, 0.2) is 42.9 Å². The van der Waals surface area contributed by atoms with Gasteiger partial charge in [-0.2, -0.15) is 9.97 Å². The highest BCUT2D eigenvalue weighted by molar-refractivity contribution is 6.03. The second-order valence-corrected chi connectivity index (χ2v) is 14.4. The number of fused-ring (bicyclic) bond motifs is 2. The average molecular weight is 741 g/mol. The predicted octanol–water partition coefficient (Wildman–Crippen LogP) is 6.48. The van der Waals surface area contributed by atoms with Gasteiger partial charge in [0.05, 0.1) is 17.6 Å². The van der Waals surface area contributed by atoms with Crippen molar-refractivity contribution in [2.24, 2.45) is 13.0 Å². The number of carbonyl (C=O) groups is 1. The summed E-state index contributed by atoms with van der Waals surface area (Å²) < 4.78 is 57.2. The van der Waals surface area contributed by atoms with Gasteiger partial charge >= 0.3 is 12.1 Å². The van der Waals surface area contributed by atoms with Crippen LogP contribution in [0.3, 0.4) is 0 Å². The summed E-state index contributed by atoms with van der Waals surface area (Å²) in [6, 6.07) is 5.93. The highest BCUT2D eigenvalue weighted by Crippen LogP contribution is 2.39. The van der Waals surface area contributed by atoms with E-state index in [4.69, 9.17) is 30.4 Å². The standard InChI is InChI=1S/C39H42F2N8O5/c1-7-27-30(40)12-11-25-17-26(53-23-51-6)18-28(31(25)27)33-32(41)34-29(19-43-33)35(48-14-9-8-10-15-49(48)38(50)54-39(2,3)4)45-36(44-34)52-22-24-20-47(21-24)37-42-13-16-46(37)5/h1,11-13,16-19,24H,8-10,14-15,20-23H2,2-6H3. The van der Waals surface area contributed by atoms with Crippen LogP contribution in [-0.2, 0) is 16.5 Å². The molecule has 2 fully saturated rings. The van der Waals surface area contributed by atoms with E-state index in [-0.39, 0.29) is 64.3 Å². The highest BCUT2D eigenvalue weighted by atomic mass is 19.1. The number of aryl methyl sites for hydroxylation is 1. The summed E-state index contributed by atoms with van der Waals surface area (Å²) in [6.07, 6.45) is 12.6. The van der Waals surface area contributed by atoms with Crippen LogP contribution in [-0.4, -0.2) is 87.9 Å². The van der Waals surface area contributed by atoms with Crippen molar-refractivity contribution in [3.05, 3.63) is 60.1 Å². The van der Waals surface area contributed by atoms with Gasteiger partial charge in [0.15, 0.2) is 18.4 Å². The topological polar surface area (TPSA) is 120 Å². The van der Waals surface area contributed by atoms with Gasteiger partial charge in [-0.15, -0.1) is 6.42 Å². The Hall–Kier alpha value is -5.75. The Balaban J connectivity index is 1.35. The molecule has 7 rings (SSSR count). The second-order valence-electron chi connectivity index (χ2n) is 14.4. The number of pyridine rings is 1. The molecule has 15 heteroatoms. The largest absolute Gasteiger partial charge is 0.468 e. The number of terminal acetylenes is 1. The van der Waals surface area contributed by atoms with E-state index in [2.05, 4.69) is 25.8 Å². The third kappa shape index (κ3) is 7.25. The number of amides is 1. The number of methoxy groups -OCH3 is 1. The van der Waals surface area contributed by atoms with Gasteiger partial charge in [0.2, 0.25) is 5.95 Å². The molecule has 13 nitrogen and oxygen atoms in total. The number of ether oxygens (including phenoxy) is 4. The lowest BCUT2D eigenvalue weighted by Crippen LogP contribution is -2.50. The molecule has 2 aromatic carbocycles. The van der Waals surface area contributed by atoms with Gasteiger partial charge in [0.25, 0.3) is 0 Å². The Labute approximate surface area is 311 Å². The summed E-state index contributed by atoms with van der Waals surface area (Å²) in [7, 11) is 3.41. The van der Waals surface area contributed by atoms with Gasteiger partial charge in [-0.25, -0.2) is 23.6 Å². The molecule has 5 heterocycles. The number of halogens is 2. The fourth-order valence-corrected chi connectivity index (χ4v) is 6.78. The van der Waals surface area contributed by atoms with Crippen molar-refractivity contribution in [3.8, 4) is 35.4 Å². The Bertz CT molecular complexity index is 2240. The SMILES string of the molecule is C#Cc1c(F)ccc2cc(OCOC)cc(-c3ncc4c(N5CCCCCN5C(=O)OC(C)(C)C)nc(OCC5CN(c6nccn6C)C5)nc4c3F)c12. The number of carbonyl (C=O) groups excluding carboxylic acids is 1. The van der Waals surface area contributed by atoms with E-state index in [0.29, 0.717) is 37.3 Å². The van der Waals surface area contributed by atoms with Crippen molar-refractivity contribution >= 4 is 39.5 Å². The van der Waals surface area contributed by atoms with Gasteiger partial charge in [-0.1, -0.05) is 12.0 Å². The lowest BCUT2D eigenvalue weighted by Gasteiger charge is -2.39. The summed E-state index contributed by atoms with van der Waals surface area (Å²) in [5.41, 5.74) is -0.856. The highest BCUT2D eigenvalue weighted by Gasteiger charge is 2.33. The minimum atomic E-state index is -0.818. The molecule has 0 aliphatic carbocycles. The fraction of sp³-hybridized carbons (Fsp3) is 0.410. The maximum absolute atomic E-state index is 17.3. The number of hydrogen-bond acceptors (Lipinski definition) is 11. The quantitative estimate of drug-likeness (QED) is 0.122. The molecule has 0 bridgehead atoms. The van der Waals surface area contributed by atoms with Crippen LogP contribution in [0.5, 0.6) is 11.8 Å². The molecule has 3 aromatic heterocycles. The van der Waals surface area contributed by atoms with Crippen LogP contribution >= 0.6 is 0 Å². The zero-order valence-electron chi connectivity index (χ0n) is 30.9. The first-order chi connectivity index (χ1) is 26.0. The Morgan fingerprint density at radius 3 is 2.57 bits per heavy atom. The van der Waals surface area contributed by atoms with Gasteiger partial charge in [-0.05, 0) is 63.6 Å². The number of benzene rings is 2. The lowest BCUT2D eigenvalue weighted by molar-refractivity contribution is 0.0232. The van der Waals surface area contributed by atoms with Gasteiger partial charge in [0, 0.05) is 75.8 Å². The third-order valence-electron chi connectivity index (χ3n) is 9.29. The minimum absolute atomic E-state index is 0.0489. The average Bonchev–Trinajstić information content (AvgIpc) is 3.38. The van der Waals surface area contributed by atoms with Gasteiger partial charge in [-0.3, -0.25) is 9.99 Å². The van der Waals surface area contributed by atoms with Crippen LogP contribution in [0.2, 0.25) is 0 Å². The molecule has 2 saturated heterocycles. The van der Waals surface area contributed by atoms with E-state index < -0.39 is 23.3 Å². The molecular formula is C39H42F2N8O5. The summed E-state index contributed by atoms with van der Waals surface area (Å²) in [5, 5.41) is 4.23. The van der Waals surface area contributed by atoms with Crippen LogP contribution < -0.4 is 19.4 Å². The molecular weight excluding hydrogens is 698 g/mol. The summed E-state index contributed by atoms with van der Waals surface area (Å²) in [4.78, 5) is 34.1. The minimum Gasteiger partial charge on any atom is -0.468 e. The van der Waals surface area contributed by atoms with E-state index in [1.165, 1.54) is 24.4 Å². The smallest absolute Gasteiger partial charge is 0.429 e. The lowest BCUT2D eigenvalue weighted by atomic mass is 9.95. The Kier molecular flexibility index (Phi) is 10.1. The summed E-state index contributed by atoms with van der Waals surface area (Å²) in [6.45, 7) is 7.73. The summed E-state index contributed by atoms with van der Waals surface area (Å²) >= 11 is 0. The normalized spacial score (nSPS) is 15.3. The molecule has 0 unspecified atom stereocenters. The maximum atomic E-state index is 17.3. The molecule has 54 heavy (non-hydrogen) atoms. The van der Waals surface area contributed by atoms with Gasteiger partial charge < -0.3 is 28.4 Å². The van der Waals surface area contributed by atoms with Crippen LogP contribution in [0, 0.1) is 29.9 Å². The molecule has 2 aliphatic heterocycles. The molecule has 5 aromatic rings. The third-order valence-corrected chi connectivity index (χ3v) is 9.29. The predicted molar refractivity (Wildman–Crippen MR) is 199 cm³/mol. The van der Waals surface area contributed by atoms with Crippen LogP contribution in [0.25, 0.3) is 32.9 Å². The molecule has 0 spiro atoms. The summed E-state index contributed by atoms with van der Waals surface area (Å²) in [5.74, 6) is 2.53. The van der Waals surface area contributed by atoms with E-state index in [1.54, 1.807) is 50.2 Å². The van der Waals surface area contributed by atoms with Crippen molar-refractivity contribution in [1.82, 2.24) is 29.5 Å². The number of hydrogen-bond donors (Lipinski definition) is 0. The zero-order chi connectivity index (χ0) is 38.1. The van der Waals surface area contributed by atoms with E-state index in [0.717, 1.165) is 25.2 Å². The first-order valence-electron chi connectivity index (χ1n) is 17.8. The number of imidazole rings is 1. The van der Waals surface area contributed by atoms with Gasteiger partial charge in [0.1, 0.15) is 28.4 Å². The Morgan fingerprint density at radius 1 is 1.06 bits per heavy atom. The van der Waals surface area contributed by atoms with Crippen molar-refractivity contribution in [2.45, 2.75) is 45.6 Å². The first kappa shape index (κ1) is 36.6. The van der Waals surface area contributed by atoms with Crippen molar-refractivity contribution in [2.75, 3.05) is 56.6 Å². The number of aromatic nitrogens is 5. The molecule has 0 atom stereocenters. The van der Waals surface area contributed by atoms with Crippen molar-refractivity contribution in [3.63, 3.8) is 0 Å². The molecule has 282 valence electrons. The molecule has 0 saturated carbocycles. The molecule has 1 amide bonds. The van der Waals surface area contributed by atoms with Crippen molar-refractivity contribution < 1.29 is 32.5 Å². The molecule has 2 aliphatic rings. The number of hydrazine groups is 1. The Morgan fingerprint density at radius 2 is 1.85 bits per heavy atom. The second kappa shape index (κ2) is 14.9.